The van der Waals surface area contributed by atoms with Gasteiger partial charge in [-0.3, -0.25) is 15.6 Å². The van der Waals surface area contributed by atoms with Crippen LogP contribution in [-0.2, 0) is 11.2 Å². The molecule has 2 N–H and O–H groups in total. The molecule has 0 aliphatic carbocycles. The molecule has 0 fully saturated rings. The van der Waals surface area contributed by atoms with E-state index in [1.165, 1.54) is 17.5 Å². The number of hydrogen-bond acceptors (Lipinski definition) is 5. The molecule has 146 valence electrons. The molecule has 29 heavy (non-hydrogen) atoms. The van der Waals surface area contributed by atoms with E-state index in [0.717, 1.165) is 16.6 Å². The Morgan fingerprint density at radius 3 is 2.66 bits per heavy atom. The lowest BCUT2D eigenvalue weighted by molar-refractivity contribution is -0.120. The summed E-state index contributed by atoms with van der Waals surface area (Å²) in [6.07, 6.45) is 4.22. The minimum Gasteiger partial charge on any atom is -0.281 e. The Labute approximate surface area is 168 Å². The fourth-order valence-electron chi connectivity index (χ4n) is 3.08. The number of hydrazine groups is 1. The summed E-state index contributed by atoms with van der Waals surface area (Å²) in [7, 11) is 0. The first kappa shape index (κ1) is 18.6. The second kappa shape index (κ2) is 8.10. The van der Waals surface area contributed by atoms with Crippen LogP contribution in [-0.4, -0.2) is 25.7 Å². The lowest BCUT2D eigenvalue weighted by Gasteiger charge is -2.09. The van der Waals surface area contributed by atoms with Gasteiger partial charge in [0.05, 0.1) is 17.3 Å². The largest absolute Gasteiger partial charge is 0.281 e. The highest BCUT2D eigenvalue weighted by atomic mass is 16.2. The highest BCUT2D eigenvalue weighted by molar-refractivity contribution is 5.88. The molecule has 0 bridgehead atoms. The number of carbonyl (C=O) groups excluding carboxylic acids is 1. The third kappa shape index (κ3) is 4.08. The van der Waals surface area contributed by atoms with Crippen LogP contribution in [0, 0.1) is 13.8 Å². The molecule has 7 nitrogen and oxygen atoms in total. The maximum Gasteiger partial charge on any atom is 0.238 e. The first-order valence-electron chi connectivity index (χ1n) is 9.47. The second-order valence-electron chi connectivity index (χ2n) is 6.94. The molecule has 2 heterocycles. The average Bonchev–Trinajstić information content (AvgIpc) is 3.18. The lowest BCUT2D eigenvalue weighted by Crippen LogP contribution is -2.30. The van der Waals surface area contributed by atoms with Gasteiger partial charge in [0.2, 0.25) is 5.91 Å². The molecular formula is C22H22N6O. The molecule has 0 radical (unpaired) electrons. The Kier molecular flexibility index (Phi) is 5.20. The van der Waals surface area contributed by atoms with E-state index in [9.17, 15) is 4.79 Å². The number of nitrogens with zero attached hydrogens (tertiary/aromatic N) is 4. The van der Waals surface area contributed by atoms with Gasteiger partial charge in [-0.25, -0.2) is 14.6 Å². The highest BCUT2D eigenvalue weighted by Gasteiger charge is 2.12. The van der Waals surface area contributed by atoms with Crippen molar-refractivity contribution in [1.29, 1.82) is 0 Å². The normalized spacial score (nSPS) is 10.8. The monoisotopic (exact) mass is 386 g/mol. The van der Waals surface area contributed by atoms with E-state index in [0.29, 0.717) is 24.3 Å². The maximum absolute atomic E-state index is 12.2. The Hall–Kier alpha value is -3.74. The van der Waals surface area contributed by atoms with Gasteiger partial charge >= 0.3 is 0 Å². The zero-order chi connectivity index (χ0) is 20.2. The van der Waals surface area contributed by atoms with E-state index in [1.54, 1.807) is 10.9 Å². The summed E-state index contributed by atoms with van der Waals surface area (Å²) in [6, 6.07) is 16.1. The molecule has 0 unspecified atom stereocenters. The van der Waals surface area contributed by atoms with E-state index in [2.05, 4.69) is 51.9 Å². The molecule has 0 spiro atoms. The van der Waals surface area contributed by atoms with E-state index >= 15 is 0 Å². The van der Waals surface area contributed by atoms with E-state index in [1.807, 2.05) is 36.4 Å². The fourth-order valence-corrected chi connectivity index (χ4v) is 3.08. The number of fused-ring (bicyclic) bond motifs is 1. The van der Waals surface area contributed by atoms with Crippen molar-refractivity contribution in [2.75, 3.05) is 5.43 Å². The molecule has 0 saturated carbocycles. The minimum atomic E-state index is -0.109. The van der Waals surface area contributed by atoms with Gasteiger partial charge in [-0.05, 0) is 49.1 Å². The van der Waals surface area contributed by atoms with Gasteiger partial charge in [0.15, 0.2) is 11.5 Å². The SMILES string of the molecule is Cc1ccc(-n2ncc3c(NNC(=O)CCc4ccccc4)ncnc32)cc1C. The van der Waals surface area contributed by atoms with Gasteiger partial charge in [0, 0.05) is 6.42 Å². The zero-order valence-electron chi connectivity index (χ0n) is 16.4. The number of carbonyl (C=O) groups is 1. The molecule has 4 rings (SSSR count). The van der Waals surface area contributed by atoms with Crippen LogP contribution in [0.4, 0.5) is 5.82 Å². The second-order valence-corrected chi connectivity index (χ2v) is 6.94. The van der Waals surface area contributed by atoms with Crippen LogP contribution in [0.3, 0.4) is 0 Å². The van der Waals surface area contributed by atoms with Gasteiger partial charge in [0.25, 0.3) is 0 Å². The number of nitrogens with one attached hydrogen (secondary N) is 2. The molecule has 7 heteroatoms. The van der Waals surface area contributed by atoms with Crippen LogP contribution in [0.5, 0.6) is 0 Å². The number of aryl methyl sites for hydroxylation is 3. The van der Waals surface area contributed by atoms with E-state index in [4.69, 9.17) is 0 Å². The standard InChI is InChI=1S/C22H22N6O/c1-15-8-10-18(12-16(15)2)28-22-19(13-25-28)21(23-14-24-22)27-26-20(29)11-9-17-6-4-3-5-7-17/h3-8,10,12-14H,9,11H2,1-2H3,(H,26,29)(H,23,24,27). The fraction of sp³-hybridized carbons (Fsp3) is 0.182. The summed E-state index contributed by atoms with van der Waals surface area (Å²) in [6.45, 7) is 4.14. The third-order valence-electron chi connectivity index (χ3n) is 4.90. The molecule has 0 atom stereocenters. The Balaban J connectivity index is 1.48. The number of aromatic nitrogens is 4. The Bertz CT molecular complexity index is 1150. The van der Waals surface area contributed by atoms with Gasteiger partial charge in [-0.1, -0.05) is 36.4 Å². The van der Waals surface area contributed by atoms with Gasteiger partial charge in [0.1, 0.15) is 6.33 Å². The Morgan fingerprint density at radius 1 is 1.03 bits per heavy atom. The van der Waals surface area contributed by atoms with Crippen molar-refractivity contribution in [3.05, 3.63) is 77.7 Å². The quantitative estimate of drug-likeness (QED) is 0.496. The van der Waals surface area contributed by atoms with Crippen molar-refractivity contribution in [3.63, 3.8) is 0 Å². The number of benzene rings is 2. The van der Waals surface area contributed by atoms with Gasteiger partial charge in [-0.2, -0.15) is 5.10 Å². The van der Waals surface area contributed by atoms with Crippen molar-refractivity contribution in [3.8, 4) is 5.69 Å². The molecule has 0 aliphatic rings. The van der Waals surface area contributed by atoms with Crippen molar-refractivity contribution in [2.24, 2.45) is 0 Å². The van der Waals surface area contributed by atoms with Gasteiger partial charge in [-0.15, -0.1) is 0 Å². The highest BCUT2D eigenvalue weighted by Crippen LogP contribution is 2.22. The average molecular weight is 386 g/mol. The molecule has 0 aliphatic heterocycles. The summed E-state index contributed by atoms with van der Waals surface area (Å²) in [4.78, 5) is 20.8. The number of rotatable bonds is 6. The maximum atomic E-state index is 12.2. The van der Waals surface area contributed by atoms with E-state index in [-0.39, 0.29) is 5.91 Å². The molecular weight excluding hydrogens is 364 g/mol. The lowest BCUT2D eigenvalue weighted by atomic mass is 10.1. The first-order chi connectivity index (χ1) is 14.1. The molecule has 0 saturated heterocycles. The smallest absolute Gasteiger partial charge is 0.238 e. The summed E-state index contributed by atoms with van der Waals surface area (Å²) in [5, 5.41) is 5.19. The van der Waals surface area contributed by atoms with Crippen molar-refractivity contribution in [2.45, 2.75) is 26.7 Å². The number of amides is 1. The van der Waals surface area contributed by atoms with Crippen molar-refractivity contribution in [1.82, 2.24) is 25.2 Å². The first-order valence-corrected chi connectivity index (χ1v) is 9.47. The van der Waals surface area contributed by atoms with Crippen molar-refractivity contribution < 1.29 is 4.79 Å². The number of anilines is 1. The van der Waals surface area contributed by atoms with Crippen LogP contribution in [0.15, 0.2) is 61.1 Å². The predicted molar refractivity (Wildman–Crippen MR) is 113 cm³/mol. The summed E-state index contributed by atoms with van der Waals surface area (Å²) in [5.74, 6) is 0.403. The third-order valence-corrected chi connectivity index (χ3v) is 4.90. The summed E-state index contributed by atoms with van der Waals surface area (Å²) in [5.41, 5.74) is 10.8. The molecule has 2 aromatic carbocycles. The topological polar surface area (TPSA) is 84.7 Å². The van der Waals surface area contributed by atoms with Crippen LogP contribution >= 0.6 is 0 Å². The zero-order valence-corrected chi connectivity index (χ0v) is 16.4. The van der Waals surface area contributed by atoms with Crippen LogP contribution < -0.4 is 10.9 Å². The van der Waals surface area contributed by atoms with Crippen LogP contribution in [0.25, 0.3) is 16.7 Å². The molecule has 2 aromatic heterocycles. The molecule has 4 aromatic rings. The summed E-state index contributed by atoms with van der Waals surface area (Å²) >= 11 is 0. The predicted octanol–water partition coefficient (Wildman–Crippen LogP) is 3.51. The Morgan fingerprint density at radius 2 is 1.86 bits per heavy atom. The summed E-state index contributed by atoms with van der Waals surface area (Å²) < 4.78 is 1.77. The van der Waals surface area contributed by atoms with Crippen molar-refractivity contribution >= 4 is 22.8 Å². The molecule has 1 amide bonds. The minimum absolute atomic E-state index is 0.109. The van der Waals surface area contributed by atoms with Crippen LogP contribution in [0.2, 0.25) is 0 Å². The van der Waals surface area contributed by atoms with E-state index < -0.39 is 0 Å². The van der Waals surface area contributed by atoms with Crippen LogP contribution in [0.1, 0.15) is 23.1 Å². The number of hydrogen-bond donors (Lipinski definition) is 2. The van der Waals surface area contributed by atoms with Gasteiger partial charge < -0.3 is 0 Å².